The number of nitrogens with zero attached hydrogens (tertiary/aromatic N) is 5. The average Bonchev–Trinajstić information content (AvgIpc) is 2.87. The normalized spacial score (nSPS) is 10.7. The fourth-order valence-corrected chi connectivity index (χ4v) is 1.68. The van der Waals surface area contributed by atoms with E-state index in [1.165, 1.54) is 4.63 Å². The van der Waals surface area contributed by atoms with Gasteiger partial charge in [-0.3, -0.25) is 0 Å². The monoisotopic (exact) mass is 257 g/mol. The van der Waals surface area contributed by atoms with Crippen LogP contribution in [-0.2, 0) is 6.54 Å². The van der Waals surface area contributed by atoms with Crippen molar-refractivity contribution in [3.8, 4) is 5.75 Å². The molecule has 0 radical (unpaired) electrons. The molecule has 8 nitrogen and oxygen atoms in total. The minimum atomic E-state index is 0.185. The van der Waals surface area contributed by atoms with Crippen LogP contribution in [0.3, 0.4) is 0 Å². The van der Waals surface area contributed by atoms with E-state index in [0.717, 1.165) is 0 Å². The van der Waals surface area contributed by atoms with Crippen LogP contribution in [0.1, 0.15) is 5.56 Å². The fourth-order valence-electron chi connectivity index (χ4n) is 1.68. The van der Waals surface area contributed by atoms with Crippen molar-refractivity contribution in [1.82, 2.24) is 25.3 Å². The minimum Gasteiger partial charge on any atom is -0.508 e. The van der Waals surface area contributed by atoms with Gasteiger partial charge in [0, 0.05) is 17.8 Å². The molecule has 0 saturated heterocycles. The summed E-state index contributed by atoms with van der Waals surface area (Å²) in [6.45, 7) is 0.400. The first kappa shape index (κ1) is 11.2. The highest BCUT2D eigenvalue weighted by atomic mass is 16.3. The highest BCUT2D eigenvalue weighted by molar-refractivity contribution is 5.49. The van der Waals surface area contributed by atoms with E-state index in [4.69, 9.17) is 5.73 Å². The highest BCUT2D eigenvalue weighted by Gasteiger charge is 2.04. The first-order valence-corrected chi connectivity index (χ1v) is 5.59. The Bertz CT molecular complexity index is 724. The molecule has 2 heterocycles. The number of benzene rings is 1. The summed E-state index contributed by atoms with van der Waals surface area (Å²) in [5.41, 5.74) is 7.53. The molecule has 0 saturated carbocycles. The molecule has 2 aromatic heterocycles. The first-order chi connectivity index (χ1) is 9.22. The maximum absolute atomic E-state index is 9.70. The van der Waals surface area contributed by atoms with Crippen LogP contribution in [0.2, 0.25) is 0 Å². The van der Waals surface area contributed by atoms with Crippen molar-refractivity contribution in [2.75, 3.05) is 11.1 Å². The number of phenols is 1. The zero-order valence-electron chi connectivity index (χ0n) is 9.85. The van der Waals surface area contributed by atoms with Crippen LogP contribution in [0.15, 0.2) is 30.3 Å². The second-order valence-electron chi connectivity index (χ2n) is 3.99. The summed E-state index contributed by atoms with van der Waals surface area (Å²) in [6, 6.07) is 8.41. The van der Waals surface area contributed by atoms with Crippen LogP contribution in [0.25, 0.3) is 5.65 Å². The third-order valence-electron chi connectivity index (χ3n) is 2.63. The van der Waals surface area contributed by atoms with Gasteiger partial charge >= 0.3 is 0 Å². The van der Waals surface area contributed by atoms with Crippen LogP contribution in [0.4, 0.5) is 11.5 Å². The lowest BCUT2D eigenvalue weighted by atomic mass is 10.2. The number of tetrazole rings is 1. The second-order valence-corrected chi connectivity index (χ2v) is 3.99. The number of phenolic OH excluding ortho intramolecular Hbond substituents is 1. The molecule has 0 atom stereocenters. The number of hydrogen-bond donors (Lipinski definition) is 3. The van der Waals surface area contributed by atoms with Crippen molar-refractivity contribution in [2.24, 2.45) is 0 Å². The largest absolute Gasteiger partial charge is 0.508 e. The Morgan fingerprint density at radius 2 is 2.16 bits per heavy atom. The van der Waals surface area contributed by atoms with Gasteiger partial charge in [-0.2, -0.15) is 0 Å². The maximum Gasteiger partial charge on any atom is 0.200 e. The zero-order chi connectivity index (χ0) is 13.2. The Morgan fingerprint density at radius 1 is 1.26 bits per heavy atom. The van der Waals surface area contributed by atoms with E-state index in [0.29, 0.717) is 29.3 Å². The summed E-state index contributed by atoms with van der Waals surface area (Å²) in [7, 11) is 0. The van der Waals surface area contributed by atoms with Gasteiger partial charge in [-0.1, -0.05) is 0 Å². The van der Waals surface area contributed by atoms with Gasteiger partial charge in [0.25, 0.3) is 0 Å². The molecule has 0 aliphatic heterocycles. The van der Waals surface area contributed by atoms with Crippen molar-refractivity contribution in [1.29, 1.82) is 0 Å². The molecule has 96 valence electrons. The lowest BCUT2D eigenvalue weighted by molar-refractivity contribution is 0.469. The predicted octanol–water partition coefficient (Wildman–Crippen LogP) is 0.419. The molecule has 0 unspecified atom stereocenters. The third-order valence-corrected chi connectivity index (χ3v) is 2.63. The van der Waals surface area contributed by atoms with E-state index in [1.54, 1.807) is 30.3 Å². The molecule has 3 rings (SSSR count). The summed E-state index contributed by atoms with van der Waals surface area (Å²) in [6.07, 6.45) is 0. The lowest BCUT2D eigenvalue weighted by Crippen LogP contribution is -2.05. The summed E-state index contributed by atoms with van der Waals surface area (Å²) in [4.78, 5) is 0. The molecule has 0 fully saturated rings. The van der Waals surface area contributed by atoms with Gasteiger partial charge in [-0.25, -0.2) is 0 Å². The van der Waals surface area contributed by atoms with E-state index < -0.39 is 0 Å². The standard InChI is InChI=1S/C11H11N7O/c12-8-1-2-9(19)7(5-8)6-13-10-3-4-11-14-16-17-18(11)15-10/h1-5,19H,6,12H2,(H,13,15). The van der Waals surface area contributed by atoms with E-state index in [2.05, 4.69) is 25.9 Å². The minimum absolute atomic E-state index is 0.185. The molecular formula is C11H11N7O. The smallest absolute Gasteiger partial charge is 0.200 e. The second kappa shape index (κ2) is 4.41. The van der Waals surface area contributed by atoms with Crippen molar-refractivity contribution in [3.63, 3.8) is 0 Å². The summed E-state index contributed by atoms with van der Waals surface area (Å²) >= 11 is 0. The number of aromatic hydroxyl groups is 1. The van der Waals surface area contributed by atoms with E-state index in [1.807, 2.05) is 0 Å². The molecule has 19 heavy (non-hydrogen) atoms. The molecule has 4 N–H and O–H groups in total. The molecule has 0 aliphatic carbocycles. The number of nitrogens with one attached hydrogen (secondary N) is 1. The van der Waals surface area contributed by atoms with Crippen molar-refractivity contribution >= 4 is 17.2 Å². The van der Waals surface area contributed by atoms with Crippen molar-refractivity contribution in [2.45, 2.75) is 6.54 Å². The topological polar surface area (TPSA) is 114 Å². The number of rotatable bonds is 3. The Hall–Kier alpha value is -2.90. The van der Waals surface area contributed by atoms with Gasteiger partial charge in [-0.05, 0) is 40.8 Å². The number of anilines is 2. The maximum atomic E-state index is 9.70. The molecule has 3 aromatic rings. The number of hydrogen-bond acceptors (Lipinski definition) is 7. The van der Waals surface area contributed by atoms with Crippen LogP contribution in [0, 0.1) is 0 Å². The Balaban J connectivity index is 1.79. The fraction of sp³-hybridized carbons (Fsp3) is 0.0909. The average molecular weight is 257 g/mol. The van der Waals surface area contributed by atoms with Gasteiger partial charge in [-0.15, -0.1) is 14.8 Å². The molecule has 0 spiro atoms. The Labute approximate surface area is 107 Å². The zero-order valence-corrected chi connectivity index (χ0v) is 9.85. The van der Waals surface area contributed by atoms with E-state index in [-0.39, 0.29) is 5.75 Å². The molecule has 0 bridgehead atoms. The van der Waals surface area contributed by atoms with Crippen LogP contribution in [-0.4, -0.2) is 30.4 Å². The molecular weight excluding hydrogens is 246 g/mol. The van der Waals surface area contributed by atoms with Crippen molar-refractivity contribution in [3.05, 3.63) is 35.9 Å². The van der Waals surface area contributed by atoms with Gasteiger partial charge in [0.2, 0.25) is 0 Å². The SMILES string of the molecule is Nc1ccc(O)c(CNc2ccc3nnnn3n2)c1. The van der Waals surface area contributed by atoms with Gasteiger partial charge < -0.3 is 16.2 Å². The van der Waals surface area contributed by atoms with Gasteiger partial charge in [0.05, 0.1) is 0 Å². The highest BCUT2D eigenvalue weighted by Crippen LogP contribution is 2.20. The number of fused-ring (bicyclic) bond motifs is 1. The van der Waals surface area contributed by atoms with E-state index >= 15 is 0 Å². The lowest BCUT2D eigenvalue weighted by Gasteiger charge is -2.07. The van der Waals surface area contributed by atoms with Gasteiger partial charge in [0.1, 0.15) is 11.6 Å². The summed E-state index contributed by atoms with van der Waals surface area (Å²) in [5, 5.41) is 27.9. The molecule has 0 amide bonds. The summed E-state index contributed by atoms with van der Waals surface area (Å²) < 4.78 is 1.32. The molecule has 8 heteroatoms. The third kappa shape index (κ3) is 2.23. The van der Waals surface area contributed by atoms with Gasteiger partial charge in [0.15, 0.2) is 5.65 Å². The van der Waals surface area contributed by atoms with Crippen LogP contribution >= 0.6 is 0 Å². The molecule has 1 aromatic carbocycles. The van der Waals surface area contributed by atoms with Crippen LogP contribution < -0.4 is 11.1 Å². The molecule has 0 aliphatic rings. The van der Waals surface area contributed by atoms with Crippen LogP contribution in [0.5, 0.6) is 5.75 Å². The van der Waals surface area contributed by atoms with Crippen molar-refractivity contribution < 1.29 is 5.11 Å². The first-order valence-electron chi connectivity index (χ1n) is 5.59. The van der Waals surface area contributed by atoms with E-state index in [9.17, 15) is 5.11 Å². The summed E-state index contributed by atoms with van der Waals surface area (Å²) in [5.74, 6) is 0.784. The Morgan fingerprint density at radius 3 is 3.05 bits per heavy atom. The quantitative estimate of drug-likeness (QED) is 0.460. The Kier molecular flexibility index (Phi) is 2.60. The number of nitrogens with two attached hydrogens (primary N) is 1. The number of nitrogen functional groups attached to an aromatic ring is 1. The predicted molar refractivity (Wildman–Crippen MR) is 68.4 cm³/mol. The number of aromatic nitrogens is 5.